The minimum Gasteiger partial charge on any atom is -0.394 e. The zero-order valence-electron chi connectivity index (χ0n) is 47.9. The fourth-order valence-corrected chi connectivity index (χ4v) is 11.6. The molecule has 0 aliphatic carbocycles. The third kappa shape index (κ3) is 15.1. The molecule has 4 aromatic heterocycles. The maximum absolute atomic E-state index is 14.6. The number of carbonyl (C=O) groups excluding carboxylic acids is 2. The van der Waals surface area contributed by atoms with Crippen LogP contribution in [0.25, 0.3) is 33.9 Å². The first-order valence-corrected chi connectivity index (χ1v) is 30.5. The van der Waals surface area contributed by atoms with Crippen molar-refractivity contribution in [1.29, 1.82) is 0 Å². The largest absolute Gasteiger partial charge is 0.394 e. The average molecular weight is 1390 g/mol. The van der Waals surface area contributed by atoms with Crippen LogP contribution >= 0.6 is 69.6 Å². The van der Waals surface area contributed by atoms with Gasteiger partial charge in [0.25, 0.3) is 0 Å². The van der Waals surface area contributed by atoms with E-state index in [2.05, 4.69) is 51.4 Å². The van der Waals surface area contributed by atoms with E-state index in [0.717, 1.165) is 24.3 Å². The van der Waals surface area contributed by atoms with Crippen molar-refractivity contribution in [3.8, 4) is 33.9 Å². The quantitative estimate of drug-likeness (QED) is 0.0189. The number of rotatable bonds is 24. The van der Waals surface area contributed by atoms with Gasteiger partial charge >= 0.3 is 0 Å². The van der Waals surface area contributed by atoms with Crippen LogP contribution in [0.15, 0.2) is 73.1 Å². The number of ether oxygens (including phenoxy) is 4. The Hall–Kier alpha value is -6.48. The normalized spacial score (nSPS) is 21.8. The molecule has 0 spiro atoms. The van der Waals surface area contributed by atoms with Crippen LogP contribution in [-0.2, 0) is 28.5 Å². The Balaban J connectivity index is 0.763. The molecule has 6 N–H and O–H groups in total. The van der Waals surface area contributed by atoms with E-state index in [0.29, 0.717) is 53.5 Å². The SMILES string of the molecule is Cc1nc(C2OC(CO)C(O)C(n3cc(-c4cc(F)c(Cl)c(F)c4)nn3)C2OCC(=O)NCCCCCCCNC(=O)COC2C(c3nc(C)nn3-c3cc(Cl)ccc3Cl)OC(CO)C(O)C2n2cc(-c3cc(F)c(Cl)c(F)c3)nn2)n(-c2cc(Cl)ccc2Cl)n1. The highest BCUT2D eigenvalue weighted by molar-refractivity contribution is 6.35. The van der Waals surface area contributed by atoms with Crippen molar-refractivity contribution in [3.63, 3.8) is 0 Å². The smallest absolute Gasteiger partial charge is 0.246 e. The number of amides is 2. The summed E-state index contributed by atoms with van der Waals surface area (Å²) in [5.41, 5.74) is 0.481. The molecule has 91 heavy (non-hydrogen) atoms. The van der Waals surface area contributed by atoms with Crippen molar-refractivity contribution in [2.75, 3.05) is 39.5 Å². The second-order valence-corrected chi connectivity index (χ2v) is 23.7. The van der Waals surface area contributed by atoms with Gasteiger partial charge in [0.15, 0.2) is 11.6 Å². The van der Waals surface area contributed by atoms with Gasteiger partial charge in [0, 0.05) is 34.3 Å². The Morgan fingerprint density at radius 2 is 0.945 bits per heavy atom. The van der Waals surface area contributed by atoms with Gasteiger partial charge in [0.1, 0.15) is 130 Å². The number of hydrogen-bond acceptors (Lipinski definition) is 18. The fourth-order valence-electron chi connectivity index (χ4n) is 10.7. The molecular formula is C57H56Cl6F4N14O10. The number of aromatic nitrogens is 12. The highest BCUT2D eigenvalue weighted by atomic mass is 35.5. The van der Waals surface area contributed by atoms with E-state index in [9.17, 15) is 47.6 Å². The number of aliphatic hydroxyl groups excluding tert-OH is 4. The van der Waals surface area contributed by atoms with Gasteiger partial charge in [-0.2, -0.15) is 10.2 Å². The number of aryl methyl sites for hydroxylation is 2. The van der Waals surface area contributed by atoms with E-state index in [4.69, 9.17) is 88.6 Å². The Kier molecular flexibility index (Phi) is 22.0. The summed E-state index contributed by atoms with van der Waals surface area (Å²) in [6.07, 6.45) is -5.34. The Morgan fingerprint density at radius 3 is 1.32 bits per heavy atom. The average Bonchev–Trinajstić information content (AvgIpc) is 1.75. The van der Waals surface area contributed by atoms with E-state index in [1.54, 1.807) is 38.1 Å². The Labute approximate surface area is 545 Å². The lowest BCUT2D eigenvalue weighted by Gasteiger charge is -2.43. The fraction of sp³-hybridized carbons (Fsp3) is 0.404. The lowest BCUT2D eigenvalue weighted by molar-refractivity contribution is -0.223. The Morgan fingerprint density at radius 1 is 0.571 bits per heavy atom. The van der Waals surface area contributed by atoms with Crippen LogP contribution in [0.3, 0.4) is 0 Å². The highest BCUT2D eigenvalue weighted by Crippen LogP contribution is 2.44. The summed E-state index contributed by atoms with van der Waals surface area (Å²) in [4.78, 5) is 36.3. The monoisotopic (exact) mass is 1380 g/mol. The van der Waals surface area contributed by atoms with Crippen molar-refractivity contribution < 1.29 is 66.5 Å². The summed E-state index contributed by atoms with van der Waals surface area (Å²) >= 11 is 37.5. The number of nitrogens with one attached hydrogen (secondary N) is 2. The lowest BCUT2D eigenvalue weighted by atomic mass is 9.91. The molecule has 10 rings (SSSR count). The summed E-state index contributed by atoms with van der Waals surface area (Å²) in [5.74, 6) is -4.64. The molecule has 484 valence electrons. The molecule has 2 amide bonds. The van der Waals surface area contributed by atoms with Gasteiger partial charge in [-0.25, -0.2) is 46.3 Å². The van der Waals surface area contributed by atoms with Gasteiger partial charge in [-0.15, -0.1) is 10.2 Å². The molecule has 10 unspecified atom stereocenters. The molecule has 0 radical (unpaired) electrons. The molecule has 4 aromatic carbocycles. The van der Waals surface area contributed by atoms with Gasteiger partial charge in [0.2, 0.25) is 11.8 Å². The molecule has 2 aliphatic rings. The van der Waals surface area contributed by atoms with E-state index in [1.165, 1.54) is 43.3 Å². The van der Waals surface area contributed by atoms with E-state index in [1.807, 2.05) is 0 Å². The van der Waals surface area contributed by atoms with Gasteiger partial charge in [0.05, 0.1) is 47.0 Å². The zero-order valence-corrected chi connectivity index (χ0v) is 52.4. The van der Waals surface area contributed by atoms with Crippen LogP contribution in [0, 0.1) is 37.1 Å². The Bertz CT molecular complexity index is 3630. The molecule has 2 fully saturated rings. The van der Waals surface area contributed by atoms with Crippen LogP contribution in [0.2, 0.25) is 30.1 Å². The van der Waals surface area contributed by atoms with E-state index >= 15 is 0 Å². The summed E-state index contributed by atoms with van der Waals surface area (Å²) in [5, 5.41) is 75.5. The summed E-state index contributed by atoms with van der Waals surface area (Å²) < 4.78 is 88.7. The van der Waals surface area contributed by atoms with Crippen LogP contribution < -0.4 is 10.6 Å². The lowest BCUT2D eigenvalue weighted by Crippen LogP contribution is -2.54. The standard InChI is InChI=1S/C57H56Cl6F4N14O10/c1-26-70-56(80(74-26)40-18-30(58)8-10-32(40)60)54-52(48(50(86)42(22-82)90-54)78-20-38(72-76-78)28-14-34(64)46(62)35(65)15-28)88-24-44(84)68-12-6-4-3-5-7-13-69-45(85)25-89-53-49(79-21-39(73-77-79)29-16-36(66)47(63)37(67)17-29)51(87)43(23-83)91-55(53)57-71-27(2)75-81(57)41-19-31(59)9-11-33(41)61/h8-11,14-21,42-43,48-55,82-83,86-87H,3-7,12-13,22-25H2,1-2H3,(H,68,84)(H,69,85). The molecule has 8 aromatic rings. The number of hydrogen-bond donors (Lipinski definition) is 6. The van der Waals surface area contributed by atoms with E-state index in [-0.39, 0.29) is 68.9 Å². The minimum absolute atomic E-state index is 0.0208. The van der Waals surface area contributed by atoms with Gasteiger partial charge in [-0.1, -0.05) is 99.3 Å². The van der Waals surface area contributed by atoms with Crippen LogP contribution in [0.1, 0.15) is 79.7 Å². The van der Waals surface area contributed by atoms with Crippen molar-refractivity contribution in [2.45, 2.75) is 107 Å². The number of aliphatic hydroxyl groups is 4. The summed E-state index contributed by atoms with van der Waals surface area (Å²) in [7, 11) is 0. The first kappa shape index (κ1) is 67.4. The number of nitrogens with zero attached hydrogens (tertiary/aromatic N) is 12. The number of carbonyl (C=O) groups is 2. The molecule has 10 atom stereocenters. The molecular weight excluding hydrogens is 1330 g/mol. The van der Waals surface area contributed by atoms with Crippen LogP contribution in [0.4, 0.5) is 17.6 Å². The van der Waals surface area contributed by atoms with Crippen molar-refractivity contribution in [2.24, 2.45) is 0 Å². The molecule has 6 heterocycles. The second-order valence-electron chi connectivity index (χ2n) is 21.3. The molecule has 24 nitrogen and oxygen atoms in total. The van der Waals surface area contributed by atoms with Crippen LogP contribution in [-0.4, -0.2) is 168 Å². The first-order valence-electron chi connectivity index (χ1n) is 28.2. The van der Waals surface area contributed by atoms with Gasteiger partial charge < -0.3 is 50.0 Å². The first-order chi connectivity index (χ1) is 43.6. The molecule has 34 heteroatoms. The van der Waals surface area contributed by atoms with Gasteiger partial charge in [-0.05, 0) is 87.4 Å². The molecule has 0 bridgehead atoms. The van der Waals surface area contributed by atoms with Crippen molar-refractivity contribution in [3.05, 3.63) is 150 Å². The maximum atomic E-state index is 14.6. The predicted molar refractivity (Wildman–Crippen MR) is 321 cm³/mol. The zero-order chi connectivity index (χ0) is 64.9. The van der Waals surface area contributed by atoms with Crippen LogP contribution in [0.5, 0.6) is 0 Å². The molecule has 0 saturated carbocycles. The second kappa shape index (κ2) is 29.6. The molecule has 2 saturated heterocycles. The predicted octanol–water partition coefficient (Wildman–Crippen LogP) is 8.18. The maximum Gasteiger partial charge on any atom is 0.246 e. The molecule has 2 aliphatic heterocycles. The van der Waals surface area contributed by atoms with E-state index < -0.39 is 132 Å². The number of unbranched alkanes of at least 4 members (excludes halogenated alkanes) is 4. The third-order valence-corrected chi connectivity index (χ3v) is 16.8. The summed E-state index contributed by atoms with van der Waals surface area (Å²) in [6, 6.07) is 10.6. The minimum atomic E-state index is -1.58. The van der Waals surface area contributed by atoms with Crippen molar-refractivity contribution in [1.82, 2.24) is 70.2 Å². The van der Waals surface area contributed by atoms with Crippen molar-refractivity contribution >= 4 is 81.4 Å². The topological polar surface area (TPSA) is 299 Å². The number of halogens is 10. The third-order valence-electron chi connectivity index (χ3n) is 15.0. The van der Waals surface area contributed by atoms with Gasteiger partial charge in [-0.3, -0.25) is 9.59 Å². The number of benzene rings is 4. The highest BCUT2D eigenvalue weighted by Gasteiger charge is 2.52. The summed E-state index contributed by atoms with van der Waals surface area (Å²) in [6.45, 7) is 1.08.